The van der Waals surface area contributed by atoms with Crippen LogP contribution in [0.2, 0.25) is 0 Å². The maximum absolute atomic E-state index is 8.81. The van der Waals surface area contributed by atoms with Gasteiger partial charge in [-0.15, -0.1) is 0 Å². The second kappa shape index (κ2) is 4.52. The molecule has 0 aliphatic heterocycles. The van der Waals surface area contributed by atoms with Crippen molar-refractivity contribution >= 4 is 5.69 Å². The Bertz CT molecular complexity index is 398. The molecule has 0 aliphatic carbocycles. The Hall–Kier alpha value is -1.56. The molecule has 86 valence electrons. The third-order valence-corrected chi connectivity index (χ3v) is 3.10. The second-order valence-electron chi connectivity index (χ2n) is 5.16. The van der Waals surface area contributed by atoms with Gasteiger partial charge in [0.25, 0.3) is 0 Å². The molecule has 0 bridgehead atoms. The van der Waals surface area contributed by atoms with Crippen molar-refractivity contribution in [2.24, 2.45) is 5.41 Å². The molecule has 0 amide bonds. The highest BCUT2D eigenvalue weighted by Crippen LogP contribution is 2.27. The van der Waals surface area contributed by atoms with E-state index in [9.17, 15) is 0 Å². The Balaban J connectivity index is 2.97. The second-order valence-corrected chi connectivity index (χ2v) is 5.16. The molecule has 0 aliphatic rings. The molecule has 0 spiro atoms. The predicted octanol–water partition coefficient (Wildman–Crippen LogP) is 2.82. The zero-order valence-corrected chi connectivity index (χ0v) is 10.7. The fourth-order valence-electron chi connectivity index (χ4n) is 1.50. The SMILES string of the molecule is CC(N(C)c1ccnc(C#N)c1)C(C)(C)C. The van der Waals surface area contributed by atoms with Crippen molar-refractivity contribution in [3.8, 4) is 6.07 Å². The van der Waals surface area contributed by atoms with Crippen LogP contribution in [0.5, 0.6) is 0 Å². The van der Waals surface area contributed by atoms with Gasteiger partial charge in [0.1, 0.15) is 11.8 Å². The summed E-state index contributed by atoms with van der Waals surface area (Å²) in [5, 5.41) is 8.81. The first kappa shape index (κ1) is 12.5. The molecule has 0 radical (unpaired) electrons. The Labute approximate surface area is 97.7 Å². The van der Waals surface area contributed by atoms with Crippen LogP contribution in [-0.4, -0.2) is 18.1 Å². The van der Waals surface area contributed by atoms with Gasteiger partial charge in [0, 0.05) is 25.0 Å². The van der Waals surface area contributed by atoms with Gasteiger partial charge in [0.15, 0.2) is 0 Å². The molecule has 1 aromatic rings. The van der Waals surface area contributed by atoms with Gasteiger partial charge < -0.3 is 4.90 Å². The number of hydrogen-bond donors (Lipinski definition) is 0. The Morgan fingerprint density at radius 2 is 2.06 bits per heavy atom. The van der Waals surface area contributed by atoms with Crippen LogP contribution in [0.4, 0.5) is 5.69 Å². The van der Waals surface area contributed by atoms with E-state index in [0.717, 1.165) is 5.69 Å². The highest BCUT2D eigenvalue weighted by Gasteiger charge is 2.24. The van der Waals surface area contributed by atoms with Crippen molar-refractivity contribution in [1.82, 2.24) is 4.98 Å². The molecule has 0 saturated heterocycles. The largest absolute Gasteiger partial charge is 0.371 e. The van der Waals surface area contributed by atoms with Crippen molar-refractivity contribution < 1.29 is 0 Å². The molecule has 0 N–H and O–H groups in total. The molecule has 1 unspecified atom stereocenters. The fraction of sp³-hybridized carbons (Fsp3) is 0.538. The first-order valence-electron chi connectivity index (χ1n) is 5.45. The maximum Gasteiger partial charge on any atom is 0.142 e. The lowest BCUT2D eigenvalue weighted by molar-refractivity contribution is 0.329. The summed E-state index contributed by atoms with van der Waals surface area (Å²) in [5.74, 6) is 0. The highest BCUT2D eigenvalue weighted by atomic mass is 15.1. The summed E-state index contributed by atoms with van der Waals surface area (Å²) in [6.45, 7) is 8.81. The van der Waals surface area contributed by atoms with E-state index in [1.807, 2.05) is 19.2 Å². The molecule has 0 saturated carbocycles. The van der Waals surface area contributed by atoms with Crippen LogP contribution in [0.1, 0.15) is 33.4 Å². The number of aromatic nitrogens is 1. The lowest BCUT2D eigenvalue weighted by atomic mass is 9.87. The van der Waals surface area contributed by atoms with Crippen LogP contribution in [0.3, 0.4) is 0 Å². The molecule has 3 heteroatoms. The summed E-state index contributed by atoms with van der Waals surface area (Å²) >= 11 is 0. The van der Waals surface area contributed by atoms with Gasteiger partial charge in [0.2, 0.25) is 0 Å². The van der Waals surface area contributed by atoms with Gasteiger partial charge in [0.05, 0.1) is 0 Å². The Morgan fingerprint density at radius 3 is 2.56 bits per heavy atom. The third-order valence-electron chi connectivity index (χ3n) is 3.10. The van der Waals surface area contributed by atoms with Crippen molar-refractivity contribution in [2.75, 3.05) is 11.9 Å². The van der Waals surface area contributed by atoms with Crippen LogP contribution in [0.25, 0.3) is 0 Å². The summed E-state index contributed by atoms with van der Waals surface area (Å²) < 4.78 is 0. The molecular formula is C13H19N3. The molecule has 1 atom stereocenters. The Morgan fingerprint density at radius 1 is 1.44 bits per heavy atom. The summed E-state index contributed by atoms with van der Waals surface area (Å²) in [4.78, 5) is 6.16. The van der Waals surface area contributed by atoms with Gasteiger partial charge in [-0.25, -0.2) is 4.98 Å². The first-order valence-corrected chi connectivity index (χ1v) is 5.45. The van der Waals surface area contributed by atoms with Gasteiger partial charge in [-0.3, -0.25) is 0 Å². The zero-order chi connectivity index (χ0) is 12.3. The molecule has 0 fully saturated rings. The van der Waals surface area contributed by atoms with Crippen LogP contribution in [0.15, 0.2) is 18.3 Å². The third kappa shape index (κ3) is 2.73. The molecule has 1 aromatic heterocycles. The number of nitriles is 1. The number of anilines is 1. The van der Waals surface area contributed by atoms with E-state index in [1.165, 1.54) is 0 Å². The van der Waals surface area contributed by atoms with Crippen molar-refractivity contribution in [3.05, 3.63) is 24.0 Å². The minimum atomic E-state index is 0.199. The smallest absolute Gasteiger partial charge is 0.142 e. The normalized spacial score (nSPS) is 13.0. The number of hydrogen-bond acceptors (Lipinski definition) is 3. The number of nitrogens with zero attached hydrogens (tertiary/aromatic N) is 3. The number of pyridine rings is 1. The maximum atomic E-state index is 8.81. The standard InChI is InChI=1S/C13H19N3/c1-10(13(2,3)4)16(5)12-6-7-15-11(8-12)9-14/h6-8,10H,1-5H3. The fourth-order valence-corrected chi connectivity index (χ4v) is 1.50. The zero-order valence-electron chi connectivity index (χ0n) is 10.7. The van der Waals surface area contributed by atoms with E-state index < -0.39 is 0 Å². The van der Waals surface area contributed by atoms with Crippen molar-refractivity contribution in [2.45, 2.75) is 33.7 Å². The van der Waals surface area contributed by atoms with Crippen LogP contribution in [-0.2, 0) is 0 Å². The van der Waals surface area contributed by atoms with Crippen LogP contribution in [0, 0.1) is 16.7 Å². The van der Waals surface area contributed by atoms with Gasteiger partial charge in [-0.1, -0.05) is 20.8 Å². The highest BCUT2D eigenvalue weighted by molar-refractivity contribution is 5.49. The average Bonchev–Trinajstić information content (AvgIpc) is 2.26. The van der Waals surface area contributed by atoms with E-state index >= 15 is 0 Å². The van der Waals surface area contributed by atoms with E-state index in [1.54, 1.807) is 6.20 Å². The minimum Gasteiger partial charge on any atom is -0.371 e. The topological polar surface area (TPSA) is 39.9 Å². The van der Waals surface area contributed by atoms with E-state index in [-0.39, 0.29) is 5.41 Å². The quantitative estimate of drug-likeness (QED) is 0.764. The monoisotopic (exact) mass is 217 g/mol. The van der Waals surface area contributed by atoms with Crippen LogP contribution >= 0.6 is 0 Å². The van der Waals surface area contributed by atoms with Gasteiger partial charge in [-0.05, 0) is 24.5 Å². The minimum absolute atomic E-state index is 0.199. The van der Waals surface area contributed by atoms with Gasteiger partial charge >= 0.3 is 0 Å². The molecular weight excluding hydrogens is 198 g/mol. The molecule has 1 rings (SSSR count). The molecule has 3 nitrogen and oxygen atoms in total. The lowest BCUT2D eigenvalue weighted by Gasteiger charge is -2.36. The van der Waals surface area contributed by atoms with Crippen molar-refractivity contribution in [3.63, 3.8) is 0 Å². The van der Waals surface area contributed by atoms with E-state index in [2.05, 4.69) is 43.6 Å². The summed E-state index contributed by atoms with van der Waals surface area (Å²) in [6.07, 6.45) is 1.68. The average molecular weight is 217 g/mol. The van der Waals surface area contributed by atoms with Gasteiger partial charge in [-0.2, -0.15) is 5.26 Å². The predicted molar refractivity (Wildman–Crippen MR) is 66.3 cm³/mol. The Kier molecular flexibility index (Phi) is 3.54. The first-order chi connectivity index (χ1) is 7.36. The molecule has 1 heterocycles. The molecule has 0 aromatic carbocycles. The van der Waals surface area contributed by atoms with Crippen LogP contribution < -0.4 is 4.90 Å². The van der Waals surface area contributed by atoms with Crippen molar-refractivity contribution in [1.29, 1.82) is 5.26 Å². The summed E-state index contributed by atoms with van der Waals surface area (Å²) in [5.41, 5.74) is 1.70. The summed E-state index contributed by atoms with van der Waals surface area (Å²) in [7, 11) is 2.05. The molecule has 16 heavy (non-hydrogen) atoms. The summed E-state index contributed by atoms with van der Waals surface area (Å²) in [6, 6.07) is 6.21. The van der Waals surface area contributed by atoms with E-state index in [4.69, 9.17) is 5.26 Å². The lowest BCUT2D eigenvalue weighted by Crippen LogP contribution is -2.39. The van der Waals surface area contributed by atoms with E-state index in [0.29, 0.717) is 11.7 Å². The number of rotatable bonds is 2.